The van der Waals surface area contributed by atoms with Gasteiger partial charge in [-0.2, -0.15) is 0 Å². The molecule has 2 rings (SSSR count). The minimum absolute atomic E-state index is 0.0152. The Hall–Kier alpha value is -3.55. The fraction of sp³-hybridized carbons (Fsp3) is 0.848. The Balaban J connectivity index is 1.89. The molecule has 6 unspecified atom stereocenters. The van der Waals surface area contributed by atoms with Crippen LogP contribution < -0.4 is 26.6 Å². The molecule has 0 heterocycles. The van der Waals surface area contributed by atoms with E-state index in [9.17, 15) is 24.0 Å². The van der Waals surface area contributed by atoms with E-state index in [1.807, 2.05) is 20.8 Å². The van der Waals surface area contributed by atoms with E-state index in [4.69, 9.17) is 18.9 Å². The Morgan fingerprint density at radius 3 is 1.83 bits per heavy atom. The number of ether oxygens (including phenoxy) is 4. The molecular weight excluding hydrogens is 767 g/mol. The topological polar surface area (TPSA) is 182 Å². The van der Waals surface area contributed by atoms with E-state index < -0.39 is 35.5 Å². The third-order valence-corrected chi connectivity index (χ3v) is 11.9. The predicted molar refractivity (Wildman–Crippen MR) is 235 cm³/mol. The molecule has 14 heteroatoms. The van der Waals surface area contributed by atoms with Crippen LogP contribution in [-0.2, 0) is 28.5 Å². The van der Waals surface area contributed by atoms with Crippen LogP contribution in [0.4, 0.5) is 14.4 Å². The lowest BCUT2D eigenvalue weighted by atomic mass is 9.62. The van der Waals surface area contributed by atoms with E-state index in [1.165, 1.54) is 6.42 Å². The number of unbranched alkanes of at least 4 members (excludes halogenated alkanes) is 1. The first kappa shape index (κ1) is 52.6. The number of nitrogens with one attached hydrogen (secondary N) is 5. The van der Waals surface area contributed by atoms with Crippen molar-refractivity contribution in [1.82, 2.24) is 26.6 Å². The van der Waals surface area contributed by atoms with Crippen LogP contribution in [0.1, 0.15) is 161 Å². The molecule has 0 aromatic rings. The van der Waals surface area contributed by atoms with E-state index in [1.54, 1.807) is 13.8 Å². The maximum atomic E-state index is 13.7. The Labute approximate surface area is 361 Å². The van der Waals surface area contributed by atoms with Crippen LogP contribution >= 0.6 is 0 Å². The summed E-state index contributed by atoms with van der Waals surface area (Å²) >= 11 is 0. The number of alkyl carbamates (subject to hydrolysis) is 2. The summed E-state index contributed by atoms with van der Waals surface area (Å²) in [6.07, 6.45) is 9.05. The van der Waals surface area contributed by atoms with Crippen molar-refractivity contribution in [2.45, 2.75) is 190 Å². The lowest BCUT2D eigenvalue weighted by Gasteiger charge is -2.47. The van der Waals surface area contributed by atoms with E-state index >= 15 is 0 Å². The number of urea groups is 1. The summed E-state index contributed by atoms with van der Waals surface area (Å²) < 4.78 is 22.2. The fourth-order valence-corrected chi connectivity index (χ4v) is 10.1. The van der Waals surface area contributed by atoms with Gasteiger partial charge >= 0.3 is 24.2 Å². The molecule has 60 heavy (non-hydrogen) atoms. The van der Waals surface area contributed by atoms with Gasteiger partial charge in [-0.05, 0) is 107 Å². The van der Waals surface area contributed by atoms with Crippen LogP contribution in [0, 0.1) is 27.6 Å². The maximum Gasteiger partial charge on any atom is 0.407 e. The first-order chi connectivity index (χ1) is 27.6. The molecule has 5 amide bonds. The molecule has 0 radical (unpaired) electrons. The second-order valence-corrected chi connectivity index (χ2v) is 21.3. The van der Waals surface area contributed by atoms with Gasteiger partial charge in [-0.25, -0.2) is 19.2 Å². The highest BCUT2D eigenvalue weighted by atomic mass is 16.6. The van der Waals surface area contributed by atoms with Crippen LogP contribution in [-0.4, -0.2) is 92.3 Å². The molecular formula is C46H83N5O9. The van der Waals surface area contributed by atoms with Crippen LogP contribution in [0.25, 0.3) is 0 Å². The summed E-state index contributed by atoms with van der Waals surface area (Å²) in [6.45, 7) is 31.0. The Morgan fingerprint density at radius 2 is 1.30 bits per heavy atom. The van der Waals surface area contributed by atoms with Gasteiger partial charge in [-0.1, -0.05) is 81.2 Å². The molecule has 0 aromatic heterocycles. The van der Waals surface area contributed by atoms with Gasteiger partial charge in [-0.3, -0.25) is 4.79 Å². The lowest BCUT2D eigenvalue weighted by molar-refractivity contribution is -0.154. The number of esters is 1. The quantitative estimate of drug-likeness (QED) is 0.0310. The first-order valence-corrected chi connectivity index (χ1v) is 22.3. The van der Waals surface area contributed by atoms with Crippen molar-refractivity contribution in [2.75, 3.05) is 32.8 Å². The minimum atomic E-state index is -1.18. The summed E-state index contributed by atoms with van der Waals surface area (Å²) in [7, 11) is 0. The summed E-state index contributed by atoms with van der Waals surface area (Å²) in [6, 6.07) is -0.299. The van der Waals surface area contributed by atoms with Crippen LogP contribution in [0.5, 0.6) is 0 Å². The Kier molecular flexibility index (Phi) is 19.7. The zero-order valence-electron chi connectivity index (χ0n) is 39.6. The molecule has 14 nitrogen and oxygen atoms in total. The van der Waals surface area contributed by atoms with Crippen molar-refractivity contribution in [1.29, 1.82) is 0 Å². The van der Waals surface area contributed by atoms with E-state index in [-0.39, 0.29) is 58.9 Å². The third kappa shape index (κ3) is 19.4. The van der Waals surface area contributed by atoms with Crippen LogP contribution in [0.15, 0.2) is 12.7 Å². The normalized spacial score (nSPS) is 24.8. The van der Waals surface area contributed by atoms with Gasteiger partial charge in [-0.15, -0.1) is 0 Å². The second-order valence-electron chi connectivity index (χ2n) is 21.3. The van der Waals surface area contributed by atoms with Gasteiger partial charge < -0.3 is 45.5 Å². The molecule has 2 saturated carbocycles. The van der Waals surface area contributed by atoms with Crippen molar-refractivity contribution in [3.05, 3.63) is 12.7 Å². The van der Waals surface area contributed by atoms with Gasteiger partial charge in [0.05, 0.1) is 6.10 Å². The predicted octanol–water partition coefficient (Wildman–Crippen LogP) is 8.32. The highest BCUT2D eigenvalue weighted by Crippen LogP contribution is 2.47. The average molecular weight is 850 g/mol. The average Bonchev–Trinajstić information content (AvgIpc) is 3.09. The molecule has 6 atom stereocenters. The van der Waals surface area contributed by atoms with Crippen molar-refractivity contribution < 1.29 is 42.9 Å². The van der Waals surface area contributed by atoms with Gasteiger partial charge in [0.2, 0.25) is 0 Å². The monoisotopic (exact) mass is 850 g/mol. The molecule has 0 aliphatic heterocycles. The number of hydrogen-bond acceptors (Lipinski definition) is 9. The molecule has 346 valence electrons. The van der Waals surface area contributed by atoms with E-state index in [2.05, 4.69) is 88.6 Å². The van der Waals surface area contributed by atoms with Crippen molar-refractivity contribution in [2.24, 2.45) is 27.6 Å². The van der Waals surface area contributed by atoms with Gasteiger partial charge in [0, 0.05) is 44.2 Å². The van der Waals surface area contributed by atoms with Crippen molar-refractivity contribution in [3.63, 3.8) is 0 Å². The molecule has 2 fully saturated rings. The van der Waals surface area contributed by atoms with Gasteiger partial charge in [0.15, 0.2) is 0 Å². The zero-order valence-corrected chi connectivity index (χ0v) is 39.6. The molecule has 5 N–H and O–H groups in total. The summed E-state index contributed by atoms with van der Waals surface area (Å²) in [4.78, 5) is 63.4. The van der Waals surface area contributed by atoms with Crippen molar-refractivity contribution >= 4 is 30.1 Å². The lowest BCUT2D eigenvalue weighted by Crippen LogP contribution is -2.55. The molecule has 0 saturated heterocycles. The first-order valence-electron chi connectivity index (χ1n) is 22.3. The molecule has 0 bridgehead atoms. The molecule has 0 aromatic carbocycles. The van der Waals surface area contributed by atoms with Gasteiger partial charge in [0.1, 0.15) is 24.4 Å². The highest BCUT2D eigenvalue weighted by molar-refractivity contribution is 5.84. The second kappa shape index (κ2) is 22.5. The van der Waals surface area contributed by atoms with Crippen LogP contribution in [0.2, 0.25) is 0 Å². The summed E-state index contributed by atoms with van der Waals surface area (Å²) in [5.41, 5.74) is -2.77. The van der Waals surface area contributed by atoms with Crippen LogP contribution in [0.3, 0.4) is 0 Å². The minimum Gasteiger partial charge on any atom is -0.459 e. The zero-order chi connectivity index (χ0) is 45.6. The largest absolute Gasteiger partial charge is 0.459 e. The fourth-order valence-electron chi connectivity index (χ4n) is 10.1. The SMILES string of the molecule is C=CC(=O)OCCOC(=O)NCC1(C)CC(NC(=O)C(C)(C)OC(C)CC(C)(C)OC(=O)NCC2(C)CC(NC(=O)NCC(CC)CCCC)CC(C)(C)C2)CC(C)(C)C1. The third-order valence-electron chi connectivity index (χ3n) is 11.9. The Bertz CT molecular complexity index is 1450. The standard InChI is InChI=1S/C46H83N5O9/c1-15-18-19-33(16-2)27-47-38(54)51-35-24-42(7,8)29-46(14,26-35)31-49-40(56)60-43(9,10)22-32(4)59-44(11,12)37(53)50-34-23-41(5,6)28-45(13,25-34)30-48-39(55)58-21-20-57-36(52)17-3/h17,32-35H,3,15-16,18-31H2,1-2,4-14H3,(H,48,55)(H,49,56)(H,50,53)(H2,47,51,54). The highest BCUT2D eigenvalue weighted by Gasteiger charge is 2.45. The number of hydrogen-bond donors (Lipinski definition) is 5. The molecule has 2 aliphatic carbocycles. The molecule has 0 spiro atoms. The molecule has 2 aliphatic rings. The number of carbonyl (C=O) groups excluding carboxylic acids is 5. The summed E-state index contributed by atoms with van der Waals surface area (Å²) in [5, 5.41) is 15.4. The Morgan fingerprint density at radius 1 is 0.767 bits per heavy atom. The van der Waals surface area contributed by atoms with Crippen molar-refractivity contribution in [3.8, 4) is 0 Å². The van der Waals surface area contributed by atoms with Gasteiger partial charge in [0.25, 0.3) is 5.91 Å². The number of carbonyl (C=O) groups is 5. The smallest absolute Gasteiger partial charge is 0.407 e. The number of amides is 5. The maximum absolute atomic E-state index is 13.7. The van der Waals surface area contributed by atoms with E-state index in [0.717, 1.165) is 57.4 Å². The van der Waals surface area contributed by atoms with E-state index in [0.29, 0.717) is 38.4 Å². The summed E-state index contributed by atoms with van der Waals surface area (Å²) in [5.74, 6) is -0.350. The number of rotatable bonds is 22.